The van der Waals surface area contributed by atoms with Crippen LogP contribution < -0.4 is 9.47 Å². The lowest BCUT2D eigenvalue weighted by molar-refractivity contribution is 0.355. The standard InChI is InChI=1S/C20H21NO2S2/c1-13-5-7-17(9-14(13)2)24-11-16-12-25-20(21-16)15-6-8-18(22-3)19(10-15)23-4/h5-10,12H,11H2,1-4H3. The fraction of sp³-hybridized carbons (Fsp3) is 0.250. The molecule has 0 amide bonds. The first-order valence-corrected chi connectivity index (χ1v) is 9.84. The number of rotatable bonds is 6. The zero-order chi connectivity index (χ0) is 17.8. The largest absolute Gasteiger partial charge is 0.493 e. The average Bonchev–Trinajstić information content (AvgIpc) is 3.11. The number of hydrogen-bond acceptors (Lipinski definition) is 5. The molecule has 1 aromatic heterocycles. The summed E-state index contributed by atoms with van der Waals surface area (Å²) in [5.74, 6) is 2.32. The molecule has 0 bridgehead atoms. The van der Waals surface area contributed by atoms with Crippen LogP contribution in [-0.2, 0) is 5.75 Å². The van der Waals surface area contributed by atoms with Crippen LogP contribution in [0.25, 0.3) is 10.6 Å². The summed E-state index contributed by atoms with van der Waals surface area (Å²) in [6.07, 6.45) is 0. The predicted molar refractivity (Wildman–Crippen MR) is 106 cm³/mol. The van der Waals surface area contributed by atoms with Crippen molar-refractivity contribution < 1.29 is 9.47 Å². The Bertz CT molecular complexity index is 874. The highest BCUT2D eigenvalue weighted by Crippen LogP contribution is 2.34. The normalized spacial score (nSPS) is 10.7. The summed E-state index contributed by atoms with van der Waals surface area (Å²) in [6.45, 7) is 4.29. The molecule has 0 saturated heterocycles. The maximum atomic E-state index is 5.38. The van der Waals surface area contributed by atoms with Crippen molar-refractivity contribution >= 4 is 23.1 Å². The van der Waals surface area contributed by atoms with Gasteiger partial charge in [-0.25, -0.2) is 4.98 Å². The highest BCUT2D eigenvalue weighted by molar-refractivity contribution is 7.98. The Morgan fingerprint density at radius 1 is 0.960 bits per heavy atom. The van der Waals surface area contributed by atoms with Crippen molar-refractivity contribution in [1.29, 1.82) is 0 Å². The van der Waals surface area contributed by atoms with E-state index in [0.29, 0.717) is 0 Å². The summed E-state index contributed by atoms with van der Waals surface area (Å²) in [7, 11) is 3.29. The van der Waals surface area contributed by atoms with Crippen LogP contribution in [0.4, 0.5) is 0 Å². The van der Waals surface area contributed by atoms with Gasteiger partial charge in [0.05, 0.1) is 19.9 Å². The average molecular weight is 372 g/mol. The number of hydrogen-bond donors (Lipinski definition) is 0. The molecule has 0 atom stereocenters. The summed E-state index contributed by atoms with van der Waals surface area (Å²) in [5.41, 5.74) is 4.80. The molecule has 0 spiro atoms. The van der Waals surface area contributed by atoms with Crippen molar-refractivity contribution in [3.8, 4) is 22.1 Å². The van der Waals surface area contributed by atoms with Gasteiger partial charge >= 0.3 is 0 Å². The Morgan fingerprint density at radius 2 is 1.76 bits per heavy atom. The maximum Gasteiger partial charge on any atom is 0.161 e. The summed E-state index contributed by atoms with van der Waals surface area (Å²) in [5, 5.41) is 3.12. The predicted octanol–water partition coefficient (Wildman–Crippen LogP) is 5.74. The number of thioether (sulfide) groups is 1. The Hall–Kier alpha value is -1.98. The van der Waals surface area contributed by atoms with E-state index < -0.39 is 0 Å². The molecule has 0 N–H and O–H groups in total. The monoisotopic (exact) mass is 371 g/mol. The minimum atomic E-state index is 0.723. The van der Waals surface area contributed by atoms with Gasteiger partial charge in [-0.15, -0.1) is 23.1 Å². The summed E-state index contributed by atoms with van der Waals surface area (Å²) >= 11 is 3.47. The van der Waals surface area contributed by atoms with E-state index in [9.17, 15) is 0 Å². The van der Waals surface area contributed by atoms with E-state index in [2.05, 4.69) is 37.4 Å². The number of aryl methyl sites for hydroxylation is 2. The van der Waals surface area contributed by atoms with E-state index in [1.807, 2.05) is 30.0 Å². The molecule has 0 saturated carbocycles. The smallest absolute Gasteiger partial charge is 0.161 e. The maximum absolute atomic E-state index is 5.38. The van der Waals surface area contributed by atoms with Crippen molar-refractivity contribution in [2.75, 3.05) is 14.2 Å². The topological polar surface area (TPSA) is 31.4 Å². The zero-order valence-electron chi connectivity index (χ0n) is 14.8. The van der Waals surface area contributed by atoms with Crippen LogP contribution in [0.1, 0.15) is 16.8 Å². The highest BCUT2D eigenvalue weighted by Gasteiger charge is 2.10. The van der Waals surface area contributed by atoms with E-state index in [1.54, 1.807) is 25.6 Å². The molecule has 0 radical (unpaired) electrons. The van der Waals surface area contributed by atoms with Gasteiger partial charge in [-0.1, -0.05) is 6.07 Å². The first-order valence-electron chi connectivity index (χ1n) is 7.97. The van der Waals surface area contributed by atoms with Gasteiger partial charge in [0.25, 0.3) is 0 Å². The zero-order valence-corrected chi connectivity index (χ0v) is 16.5. The van der Waals surface area contributed by atoms with Crippen LogP contribution in [0, 0.1) is 13.8 Å². The number of aromatic nitrogens is 1. The molecular formula is C20H21NO2S2. The van der Waals surface area contributed by atoms with Crippen LogP contribution >= 0.6 is 23.1 Å². The van der Waals surface area contributed by atoms with Crippen LogP contribution in [0.15, 0.2) is 46.7 Å². The van der Waals surface area contributed by atoms with Gasteiger partial charge in [0.1, 0.15) is 5.01 Å². The van der Waals surface area contributed by atoms with Crippen LogP contribution in [-0.4, -0.2) is 19.2 Å². The third-order valence-corrected chi connectivity index (χ3v) is 6.01. The first kappa shape index (κ1) is 17.8. The van der Waals surface area contributed by atoms with E-state index in [-0.39, 0.29) is 0 Å². The van der Waals surface area contributed by atoms with Crippen molar-refractivity contribution in [3.63, 3.8) is 0 Å². The molecule has 25 heavy (non-hydrogen) atoms. The van der Waals surface area contributed by atoms with E-state index in [1.165, 1.54) is 16.0 Å². The molecule has 3 nitrogen and oxygen atoms in total. The fourth-order valence-electron chi connectivity index (χ4n) is 2.44. The molecule has 1 heterocycles. The second-order valence-corrected chi connectivity index (χ2v) is 7.66. The molecule has 2 aromatic carbocycles. The fourth-order valence-corrected chi connectivity index (χ4v) is 4.25. The molecular weight excluding hydrogens is 350 g/mol. The van der Waals surface area contributed by atoms with Crippen LogP contribution in [0.3, 0.4) is 0 Å². The summed E-state index contributed by atoms with van der Waals surface area (Å²) < 4.78 is 10.7. The number of benzene rings is 2. The van der Waals surface area contributed by atoms with Crippen molar-refractivity contribution in [2.24, 2.45) is 0 Å². The van der Waals surface area contributed by atoms with E-state index in [0.717, 1.165) is 33.5 Å². The first-order chi connectivity index (χ1) is 12.1. The lowest BCUT2D eigenvalue weighted by Crippen LogP contribution is -1.90. The van der Waals surface area contributed by atoms with Crippen molar-refractivity contribution in [3.05, 3.63) is 58.6 Å². The molecule has 130 valence electrons. The molecule has 3 rings (SSSR count). The molecule has 3 aromatic rings. The summed E-state index contributed by atoms with van der Waals surface area (Å²) in [6, 6.07) is 12.5. The Balaban J connectivity index is 1.73. The van der Waals surface area contributed by atoms with Crippen LogP contribution in [0.5, 0.6) is 11.5 Å². The number of nitrogens with zero attached hydrogens (tertiary/aromatic N) is 1. The number of thiazole rings is 1. The Labute approximate surface area is 157 Å². The minimum Gasteiger partial charge on any atom is -0.493 e. The van der Waals surface area contributed by atoms with Gasteiger partial charge in [-0.05, 0) is 55.3 Å². The minimum absolute atomic E-state index is 0.723. The van der Waals surface area contributed by atoms with Crippen LogP contribution in [0.2, 0.25) is 0 Å². The molecule has 0 aliphatic heterocycles. The van der Waals surface area contributed by atoms with Gasteiger partial charge in [-0.2, -0.15) is 0 Å². The van der Waals surface area contributed by atoms with E-state index in [4.69, 9.17) is 14.5 Å². The molecule has 5 heteroatoms. The van der Waals surface area contributed by atoms with Gasteiger partial charge in [0.2, 0.25) is 0 Å². The number of ether oxygens (including phenoxy) is 2. The van der Waals surface area contributed by atoms with Gasteiger partial charge < -0.3 is 9.47 Å². The molecule has 0 unspecified atom stereocenters. The third-order valence-electron chi connectivity index (χ3n) is 4.05. The van der Waals surface area contributed by atoms with Gasteiger partial charge in [0, 0.05) is 21.6 Å². The highest BCUT2D eigenvalue weighted by atomic mass is 32.2. The van der Waals surface area contributed by atoms with Gasteiger partial charge in [0.15, 0.2) is 11.5 Å². The molecule has 0 aliphatic carbocycles. The Morgan fingerprint density at radius 3 is 2.48 bits per heavy atom. The second kappa shape index (κ2) is 7.93. The van der Waals surface area contributed by atoms with Crippen molar-refractivity contribution in [2.45, 2.75) is 24.5 Å². The second-order valence-electron chi connectivity index (χ2n) is 5.75. The quantitative estimate of drug-likeness (QED) is 0.517. The third kappa shape index (κ3) is 4.17. The Kier molecular flexibility index (Phi) is 5.66. The number of methoxy groups -OCH3 is 2. The van der Waals surface area contributed by atoms with E-state index >= 15 is 0 Å². The SMILES string of the molecule is COc1ccc(-c2nc(CSc3ccc(C)c(C)c3)cs2)cc1OC. The molecule has 0 fully saturated rings. The summed E-state index contributed by atoms with van der Waals surface area (Å²) in [4.78, 5) is 6.05. The lowest BCUT2D eigenvalue weighted by atomic mass is 10.1. The van der Waals surface area contributed by atoms with Gasteiger partial charge in [-0.3, -0.25) is 0 Å². The van der Waals surface area contributed by atoms with Crippen molar-refractivity contribution in [1.82, 2.24) is 4.98 Å². The molecule has 0 aliphatic rings. The lowest BCUT2D eigenvalue weighted by Gasteiger charge is -2.08.